The SMILES string of the molecule is COc1ccccc1C(=O)COC(=O)/C=C/c1ccccc1C. The number of ketones is 1. The molecule has 0 radical (unpaired) electrons. The first kappa shape index (κ1) is 16.5. The van der Waals surface area contributed by atoms with Crippen molar-refractivity contribution < 1.29 is 19.1 Å². The van der Waals surface area contributed by atoms with Crippen molar-refractivity contribution in [2.75, 3.05) is 13.7 Å². The molecule has 0 heterocycles. The summed E-state index contributed by atoms with van der Waals surface area (Å²) in [5.74, 6) is -0.402. The molecule has 0 spiro atoms. The first-order valence-corrected chi connectivity index (χ1v) is 7.18. The molecule has 4 heteroatoms. The highest BCUT2D eigenvalue weighted by Crippen LogP contribution is 2.17. The number of methoxy groups -OCH3 is 1. The second kappa shape index (κ2) is 7.94. The van der Waals surface area contributed by atoms with E-state index in [9.17, 15) is 9.59 Å². The summed E-state index contributed by atoms with van der Waals surface area (Å²) in [6.07, 6.45) is 2.99. The van der Waals surface area contributed by atoms with Crippen LogP contribution in [0.15, 0.2) is 54.6 Å². The highest BCUT2D eigenvalue weighted by atomic mass is 16.5. The Morgan fingerprint density at radius 1 is 1.04 bits per heavy atom. The van der Waals surface area contributed by atoms with E-state index in [1.165, 1.54) is 13.2 Å². The fourth-order valence-corrected chi connectivity index (χ4v) is 2.07. The molecule has 0 atom stereocenters. The average molecular weight is 310 g/mol. The van der Waals surface area contributed by atoms with E-state index in [0.717, 1.165) is 11.1 Å². The van der Waals surface area contributed by atoms with Gasteiger partial charge in [-0.2, -0.15) is 0 Å². The van der Waals surface area contributed by atoms with Gasteiger partial charge in [0.1, 0.15) is 5.75 Å². The van der Waals surface area contributed by atoms with E-state index < -0.39 is 5.97 Å². The zero-order valence-electron chi connectivity index (χ0n) is 13.1. The third-order valence-corrected chi connectivity index (χ3v) is 3.34. The van der Waals surface area contributed by atoms with Crippen LogP contribution >= 0.6 is 0 Å². The summed E-state index contributed by atoms with van der Waals surface area (Å²) in [7, 11) is 1.49. The van der Waals surface area contributed by atoms with Crippen molar-refractivity contribution in [2.45, 2.75) is 6.92 Å². The van der Waals surface area contributed by atoms with Gasteiger partial charge in [-0.25, -0.2) is 4.79 Å². The number of carbonyl (C=O) groups is 2. The van der Waals surface area contributed by atoms with Gasteiger partial charge in [0, 0.05) is 6.08 Å². The maximum absolute atomic E-state index is 12.1. The number of aryl methyl sites for hydroxylation is 1. The highest BCUT2D eigenvalue weighted by Gasteiger charge is 2.13. The van der Waals surface area contributed by atoms with Crippen LogP contribution in [0.5, 0.6) is 5.75 Å². The van der Waals surface area contributed by atoms with Gasteiger partial charge in [0.15, 0.2) is 6.61 Å². The summed E-state index contributed by atoms with van der Waals surface area (Å²) >= 11 is 0. The second-order valence-electron chi connectivity index (χ2n) is 4.92. The second-order valence-corrected chi connectivity index (χ2v) is 4.92. The Morgan fingerprint density at radius 2 is 1.74 bits per heavy atom. The molecule has 23 heavy (non-hydrogen) atoms. The van der Waals surface area contributed by atoms with Crippen LogP contribution in [0.1, 0.15) is 21.5 Å². The molecule has 0 aliphatic rings. The zero-order valence-corrected chi connectivity index (χ0v) is 13.1. The standard InChI is InChI=1S/C19H18O4/c1-14-7-3-4-8-15(14)11-12-19(21)23-13-17(20)16-9-5-6-10-18(16)22-2/h3-12H,13H2,1-2H3/b12-11+. The van der Waals surface area contributed by atoms with E-state index in [-0.39, 0.29) is 12.4 Å². The van der Waals surface area contributed by atoms with Crippen LogP contribution in [-0.2, 0) is 9.53 Å². The Bertz CT molecular complexity index is 732. The number of rotatable bonds is 6. The molecule has 0 saturated heterocycles. The Morgan fingerprint density at radius 3 is 2.48 bits per heavy atom. The first-order chi connectivity index (χ1) is 11.1. The molecule has 0 N–H and O–H groups in total. The molecule has 0 aromatic heterocycles. The number of hydrogen-bond acceptors (Lipinski definition) is 4. The van der Waals surface area contributed by atoms with E-state index in [1.54, 1.807) is 30.3 Å². The van der Waals surface area contributed by atoms with E-state index in [0.29, 0.717) is 11.3 Å². The number of hydrogen-bond donors (Lipinski definition) is 0. The number of Topliss-reactive ketones (excluding diaryl/α,β-unsaturated/α-hetero) is 1. The molecule has 2 rings (SSSR count). The molecule has 0 aliphatic heterocycles. The minimum atomic E-state index is -0.559. The molecule has 0 aliphatic carbocycles. The Kier molecular flexibility index (Phi) is 5.69. The number of para-hydroxylation sites is 1. The molecule has 0 saturated carbocycles. The van der Waals surface area contributed by atoms with Crippen LogP contribution in [0.2, 0.25) is 0 Å². The van der Waals surface area contributed by atoms with Crippen molar-refractivity contribution in [2.24, 2.45) is 0 Å². The summed E-state index contributed by atoms with van der Waals surface area (Å²) in [5, 5.41) is 0. The maximum atomic E-state index is 12.1. The van der Waals surface area contributed by atoms with Gasteiger partial charge in [0.25, 0.3) is 0 Å². The third-order valence-electron chi connectivity index (χ3n) is 3.34. The Balaban J connectivity index is 1.94. The van der Waals surface area contributed by atoms with Crippen molar-refractivity contribution in [1.29, 1.82) is 0 Å². The minimum absolute atomic E-state index is 0.305. The predicted molar refractivity (Wildman–Crippen MR) is 88.5 cm³/mol. The predicted octanol–water partition coefficient (Wildman–Crippen LogP) is 3.44. The molecule has 2 aromatic rings. The summed E-state index contributed by atoms with van der Waals surface area (Å²) in [6.45, 7) is 1.63. The van der Waals surface area contributed by atoms with Gasteiger partial charge >= 0.3 is 5.97 Å². The molecule has 0 amide bonds. The molecule has 0 fully saturated rings. The fraction of sp³-hybridized carbons (Fsp3) is 0.158. The van der Waals surface area contributed by atoms with Crippen LogP contribution in [0.25, 0.3) is 6.08 Å². The maximum Gasteiger partial charge on any atom is 0.331 e. The number of benzene rings is 2. The summed E-state index contributed by atoms with van der Waals surface area (Å²) < 4.78 is 10.1. The van der Waals surface area contributed by atoms with Gasteiger partial charge in [-0.1, -0.05) is 36.4 Å². The monoisotopic (exact) mass is 310 g/mol. The molecule has 0 unspecified atom stereocenters. The molecule has 4 nitrogen and oxygen atoms in total. The molecular weight excluding hydrogens is 292 g/mol. The van der Waals surface area contributed by atoms with Crippen LogP contribution < -0.4 is 4.74 Å². The van der Waals surface area contributed by atoms with Gasteiger partial charge in [-0.3, -0.25) is 4.79 Å². The van der Waals surface area contributed by atoms with Gasteiger partial charge in [-0.15, -0.1) is 0 Å². The van der Waals surface area contributed by atoms with Crippen molar-refractivity contribution in [3.63, 3.8) is 0 Å². The minimum Gasteiger partial charge on any atom is -0.496 e. The normalized spacial score (nSPS) is 10.5. The van der Waals surface area contributed by atoms with Crippen molar-refractivity contribution in [3.8, 4) is 5.75 Å². The van der Waals surface area contributed by atoms with E-state index in [1.807, 2.05) is 31.2 Å². The van der Waals surface area contributed by atoms with E-state index in [4.69, 9.17) is 9.47 Å². The lowest BCUT2D eigenvalue weighted by Gasteiger charge is -2.07. The van der Waals surface area contributed by atoms with Crippen molar-refractivity contribution >= 4 is 17.8 Å². The average Bonchev–Trinajstić information content (AvgIpc) is 2.58. The van der Waals surface area contributed by atoms with Gasteiger partial charge in [0.2, 0.25) is 5.78 Å². The van der Waals surface area contributed by atoms with E-state index >= 15 is 0 Å². The highest BCUT2D eigenvalue weighted by molar-refractivity contribution is 6.01. The van der Waals surface area contributed by atoms with E-state index in [2.05, 4.69) is 0 Å². The van der Waals surface area contributed by atoms with Crippen LogP contribution in [0.3, 0.4) is 0 Å². The zero-order chi connectivity index (χ0) is 16.7. The molecule has 0 bridgehead atoms. The first-order valence-electron chi connectivity index (χ1n) is 7.18. The number of ether oxygens (including phenoxy) is 2. The van der Waals surface area contributed by atoms with Crippen molar-refractivity contribution in [3.05, 3.63) is 71.3 Å². The number of esters is 1. The van der Waals surface area contributed by atoms with Crippen LogP contribution in [-0.4, -0.2) is 25.5 Å². The molecule has 2 aromatic carbocycles. The molecule has 118 valence electrons. The Labute approximate surface area is 135 Å². The fourth-order valence-electron chi connectivity index (χ4n) is 2.07. The van der Waals surface area contributed by atoms with Gasteiger partial charge < -0.3 is 9.47 Å². The summed E-state index contributed by atoms with van der Waals surface area (Å²) in [5.41, 5.74) is 2.38. The smallest absolute Gasteiger partial charge is 0.331 e. The number of carbonyl (C=O) groups excluding carboxylic acids is 2. The lowest BCUT2D eigenvalue weighted by atomic mass is 10.1. The summed E-state index contributed by atoms with van der Waals surface area (Å²) in [6, 6.07) is 14.5. The summed E-state index contributed by atoms with van der Waals surface area (Å²) in [4.78, 5) is 23.8. The lowest BCUT2D eigenvalue weighted by molar-refractivity contribution is -0.136. The Hall–Kier alpha value is -2.88. The van der Waals surface area contributed by atoms with Gasteiger partial charge in [0.05, 0.1) is 12.7 Å². The lowest BCUT2D eigenvalue weighted by Crippen LogP contribution is -2.13. The van der Waals surface area contributed by atoms with Gasteiger partial charge in [-0.05, 0) is 36.3 Å². The van der Waals surface area contributed by atoms with Crippen molar-refractivity contribution in [1.82, 2.24) is 0 Å². The van der Waals surface area contributed by atoms with Crippen LogP contribution in [0, 0.1) is 6.92 Å². The quantitative estimate of drug-likeness (QED) is 0.466. The topological polar surface area (TPSA) is 52.6 Å². The largest absolute Gasteiger partial charge is 0.496 e. The third kappa shape index (κ3) is 4.54. The van der Waals surface area contributed by atoms with Crippen LogP contribution in [0.4, 0.5) is 0 Å². The molecular formula is C19H18O4.